The van der Waals surface area contributed by atoms with Crippen LogP contribution in [-0.2, 0) is 0 Å². The second kappa shape index (κ2) is 9.38. The highest BCUT2D eigenvalue weighted by Gasteiger charge is 2.36. The van der Waals surface area contributed by atoms with Crippen LogP contribution in [0.5, 0.6) is 0 Å². The minimum Gasteiger partial charge on any atom is -0.346 e. The summed E-state index contributed by atoms with van der Waals surface area (Å²) in [6.07, 6.45) is 7.68. The molecule has 0 unspecified atom stereocenters. The van der Waals surface area contributed by atoms with Crippen molar-refractivity contribution >= 4 is 23.6 Å². The monoisotopic (exact) mass is 495 g/mol. The summed E-state index contributed by atoms with van der Waals surface area (Å²) in [6, 6.07) is 4.28. The van der Waals surface area contributed by atoms with Crippen LogP contribution in [0.15, 0.2) is 41.2 Å². The lowest BCUT2D eigenvalue weighted by Crippen LogP contribution is -2.26. The Morgan fingerprint density at radius 3 is 2.81 bits per heavy atom. The lowest BCUT2D eigenvalue weighted by Gasteiger charge is -2.26. The number of hydrogen-bond acceptors (Lipinski definition) is 7. The third-order valence-corrected chi connectivity index (χ3v) is 6.80. The number of nitrogens with one attached hydrogen (secondary N) is 1. The minimum absolute atomic E-state index is 0.0332. The first-order valence-electron chi connectivity index (χ1n) is 12.0. The number of rotatable bonds is 5. The van der Waals surface area contributed by atoms with Crippen molar-refractivity contribution in [1.29, 1.82) is 0 Å². The van der Waals surface area contributed by atoms with Crippen LogP contribution in [0.3, 0.4) is 0 Å². The second-order valence-corrected chi connectivity index (χ2v) is 9.17. The van der Waals surface area contributed by atoms with Crippen molar-refractivity contribution in [1.82, 2.24) is 30.1 Å². The maximum absolute atomic E-state index is 14.5. The number of alkyl halides is 1. The quantitative estimate of drug-likeness (QED) is 0.442. The smallest absolute Gasteiger partial charge is 0.230 e. The normalized spacial score (nSPS) is 21.2. The number of hydrogen-bond donors (Lipinski definition) is 1. The molecule has 186 valence electrons. The van der Waals surface area contributed by atoms with Gasteiger partial charge in [0, 0.05) is 29.7 Å². The molecule has 3 aromatic heterocycles. The molecule has 1 aromatic carbocycles. The van der Waals surface area contributed by atoms with E-state index in [4.69, 9.17) is 9.51 Å². The van der Waals surface area contributed by atoms with Crippen LogP contribution in [0.1, 0.15) is 54.1 Å². The summed E-state index contributed by atoms with van der Waals surface area (Å²) in [6.45, 7) is 1.90. The van der Waals surface area contributed by atoms with Crippen LogP contribution >= 0.6 is 0 Å². The van der Waals surface area contributed by atoms with Crippen LogP contribution < -0.4 is 10.2 Å². The number of halogens is 3. The number of aromatic nitrogens is 5. The van der Waals surface area contributed by atoms with Gasteiger partial charge in [0.25, 0.3) is 0 Å². The molecule has 2 aliphatic heterocycles. The Kier molecular flexibility index (Phi) is 5.92. The first-order valence-corrected chi connectivity index (χ1v) is 12.0. The molecule has 0 radical (unpaired) electrons. The number of nitrogens with zero attached hydrogens (tertiary/aromatic N) is 6. The average Bonchev–Trinajstić information content (AvgIpc) is 3.63. The number of piperidine rings is 1. The minimum atomic E-state index is -1.19. The van der Waals surface area contributed by atoms with Crippen molar-refractivity contribution in [2.45, 2.75) is 37.4 Å². The summed E-state index contributed by atoms with van der Waals surface area (Å²) in [5.74, 6) is 0.683. The highest BCUT2D eigenvalue weighted by Crippen LogP contribution is 2.38. The summed E-state index contributed by atoms with van der Waals surface area (Å²) in [5.41, 5.74) is 1.35. The van der Waals surface area contributed by atoms with Crippen molar-refractivity contribution < 1.29 is 17.7 Å². The molecule has 6 rings (SSSR count). The Morgan fingerprint density at radius 1 is 1.08 bits per heavy atom. The fraction of sp³-hybridized carbons (Fsp3) is 0.360. The summed E-state index contributed by atoms with van der Waals surface area (Å²) in [4.78, 5) is 10.9. The summed E-state index contributed by atoms with van der Waals surface area (Å²) in [7, 11) is 0. The molecular weight excluding hydrogens is 471 g/mol. The lowest BCUT2D eigenvalue weighted by atomic mass is 9.98. The lowest BCUT2D eigenvalue weighted by molar-refractivity contribution is 0.319. The molecule has 8 nitrogen and oxygen atoms in total. The molecule has 2 fully saturated rings. The average molecular weight is 496 g/mol. The fourth-order valence-corrected chi connectivity index (χ4v) is 4.97. The van der Waals surface area contributed by atoms with E-state index in [1.807, 2.05) is 0 Å². The van der Waals surface area contributed by atoms with Crippen molar-refractivity contribution in [2.75, 3.05) is 24.5 Å². The Hall–Kier alpha value is -3.73. The van der Waals surface area contributed by atoms with Gasteiger partial charge >= 0.3 is 0 Å². The van der Waals surface area contributed by atoms with Gasteiger partial charge in [-0.25, -0.2) is 22.7 Å². The van der Waals surface area contributed by atoms with Gasteiger partial charge in [-0.2, -0.15) is 10.1 Å². The van der Waals surface area contributed by atoms with E-state index < -0.39 is 23.8 Å². The molecule has 0 amide bonds. The third-order valence-electron chi connectivity index (χ3n) is 6.80. The Morgan fingerprint density at radius 2 is 1.94 bits per heavy atom. The van der Waals surface area contributed by atoms with Crippen molar-refractivity contribution in [3.05, 3.63) is 71.1 Å². The van der Waals surface area contributed by atoms with Crippen LogP contribution in [-0.4, -0.2) is 50.5 Å². The summed E-state index contributed by atoms with van der Waals surface area (Å²) in [5, 5.41) is 11.7. The van der Waals surface area contributed by atoms with Gasteiger partial charge in [0.2, 0.25) is 5.89 Å². The third kappa shape index (κ3) is 4.34. The van der Waals surface area contributed by atoms with Gasteiger partial charge in [-0.1, -0.05) is 5.16 Å². The maximum atomic E-state index is 14.5. The number of anilines is 1. The molecule has 4 aromatic rings. The van der Waals surface area contributed by atoms with Gasteiger partial charge in [0.15, 0.2) is 11.5 Å². The Balaban J connectivity index is 1.28. The zero-order valence-corrected chi connectivity index (χ0v) is 19.3. The standard InChI is InChI=1S/C25H24F3N7O/c26-17-2-3-20(28)19(11-17)21-12-18(27)14-34(21)23-7-10-35-24(32-23)16(13-30-35)1-4-22-31-25(36-33-22)15-5-8-29-9-6-15/h1-4,7,10-11,13,15,18,21,29H,5-6,8-9,12,14H2/b4-1+/t18-,21+/m0/s1. The molecule has 36 heavy (non-hydrogen) atoms. The number of benzene rings is 1. The molecule has 1 N–H and O–H groups in total. The zero-order chi connectivity index (χ0) is 24.6. The first kappa shape index (κ1) is 22.7. The van der Waals surface area contributed by atoms with E-state index in [0.29, 0.717) is 28.7 Å². The molecule has 11 heteroatoms. The second-order valence-electron chi connectivity index (χ2n) is 9.17. The van der Waals surface area contributed by atoms with Crippen molar-refractivity contribution in [3.63, 3.8) is 0 Å². The van der Waals surface area contributed by atoms with Gasteiger partial charge in [0.1, 0.15) is 23.6 Å². The SMILES string of the molecule is Fc1ccc(F)c([C@H]2C[C@H](F)CN2c2ccn3ncc(/C=C/c4noc(C5CCNCC5)n4)c3n2)c1. The Labute approximate surface area is 204 Å². The molecule has 5 heterocycles. The predicted molar refractivity (Wildman–Crippen MR) is 127 cm³/mol. The van der Waals surface area contributed by atoms with Gasteiger partial charge < -0.3 is 14.7 Å². The highest BCUT2D eigenvalue weighted by molar-refractivity contribution is 5.75. The van der Waals surface area contributed by atoms with Crippen LogP contribution in [0.2, 0.25) is 0 Å². The van der Waals surface area contributed by atoms with E-state index in [9.17, 15) is 13.2 Å². The molecule has 0 aliphatic carbocycles. The van der Waals surface area contributed by atoms with Crippen molar-refractivity contribution in [2.24, 2.45) is 0 Å². The van der Waals surface area contributed by atoms with Gasteiger partial charge in [-0.05, 0) is 62.3 Å². The van der Waals surface area contributed by atoms with Gasteiger partial charge in [-0.3, -0.25) is 0 Å². The van der Waals surface area contributed by atoms with E-state index in [-0.39, 0.29) is 24.4 Å². The van der Waals surface area contributed by atoms with E-state index in [1.165, 1.54) is 0 Å². The van der Waals surface area contributed by atoms with Gasteiger partial charge in [0.05, 0.1) is 18.8 Å². The molecule has 2 atom stereocenters. The first-order chi connectivity index (χ1) is 17.5. The highest BCUT2D eigenvalue weighted by atomic mass is 19.1. The van der Waals surface area contributed by atoms with Crippen molar-refractivity contribution in [3.8, 4) is 0 Å². The van der Waals surface area contributed by atoms with Crippen LogP contribution in [0, 0.1) is 11.6 Å². The van der Waals surface area contributed by atoms with Gasteiger partial charge in [-0.15, -0.1) is 0 Å². The molecule has 0 saturated carbocycles. The van der Waals surface area contributed by atoms with Crippen LogP contribution in [0.4, 0.5) is 19.0 Å². The van der Waals surface area contributed by atoms with E-state index in [0.717, 1.165) is 44.1 Å². The van der Waals surface area contributed by atoms with E-state index >= 15 is 0 Å². The van der Waals surface area contributed by atoms with E-state index in [2.05, 4.69) is 20.6 Å². The Bertz CT molecular complexity index is 1410. The molecule has 0 spiro atoms. The molecule has 2 aliphatic rings. The predicted octanol–water partition coefficient (Wildman–Crippen LogP) is 4.32. The topological polar surface area (TPSA) is 84.4 Å². The fourth-order valence-electron chi connectivity index (χ4n) is 4.97. The maximum Gasteiger partial charge on any atom is 0.230 e. The van der Waals surface area contributed by atoms with E-state index in [1.54, 1.807) is 40.0 Å². The number of fused-ring (bicyclic) bond motifs is 1. The molecule has 0 bridgehead atoms. The summed E-state index contributed by atoms with van der Waals surface area (Å²) >= 11 is 0. The molecular formula is C25H24F3N7O. The molecule has 2 saturated heterocycles. The largest absolute Gasteiger partial charge is 0.346 e. The summed E-state index contributed by atoms with van der Waals surface area (Å²) < 4.78 is 49.9. The zero-order valence-electron chi connectivity index (χ0n) is 19.3. The van der Waals surface area contributed by atoms with Crippen LogP contribution in [0.25, 0.3) is 17.8 Å².